The molecule has 1 unspecified atom stereocenters. The van der Waals surface area contributed by atoms with E-state index in [4.69, 9.17) is 9.47 Å². The maximum atomic E-state index is 12.8. The van der Waals surface area contributed by atoms with Gasteiger partial charge in [0, 0.05) is 19.6 Å². The summed E-state index contributed by atoms with van der Waals surface area (Å²) in [5, 5.41) is 3.01. The van der Waals surface area contributed by atoms with Crippen molar-refractivity contribution in [2.24, 2.45) is 5.92 Å². The van der Waals surface area contributed by atoms with Crippen LogP contribution in [0.15, 0.2) is 47.3 Å². The monoisotopic (exact) mass is 422 g/mol. The number of hydrogen-bond donors (Lipinski definition) is 2. The third kappa shape index (κ3) is 4.47. The minimum atomic E-state index is -0.231. The molecule has 8 heteroatoms. The molecule has 3 aromatic rings. The minimum Gasteiger partial charge on any atom is -0.493 e. The number of hydrogen-bond acceptors (Lipinski definition) is 6. The van der Waals surface area contributed by atoms with Gasteiger partial charge < -0.3 is 24.7 Å². The Bertz CT molecular complexity index is 1140. The summed E-state index contributed by atoms with van der Waals surface area (Å²) in [6, 6.07) is 13.0. The third-order valence-electron chi connectivity index (χ3n) is 5.59. The molecule has 2 heterocycles. The van der Waals surface area contributed by atoms with Crippen LogP contribution in [0.5, 0.6) is 11.5 Å². The maximum Gasteiger partial charge on any atom is 0.291 e. The highest BCUT2D eigenvalue weighted by Crippen LogP contribution is 2.27. The summed E-state index contributed by atoms with van der Waals surface area (Å²) < 4.78 is 10.6. The topological polar surface area (TPSA) is 96.5 Å². The Morgan fingerprint density at radius 2 is 2.00 bits per heavy atom. The van der Waals surface area contributed by atoms with Gasteiger partial charge in [-0.05, 0) is 42.7 Å². The van der Waals surface area contributed by atoms with Crippen LogP contribution >= 0.6 is 0 Å². The Morgan fingerprint density at radius 1 is 1.19 bits per heavy atom. The largest absolute Gasteiger partial charge is 0.493 e. The average Bonchev–Trinajstić information content (AvgIpc) is 2.81. The van der Waals surface area contributed by atoms with E-state index in [-0.39, 0.29) is 17.4 Å². The van der Waals surface area contributed by atoms with E-state index in [2.05, 4.69) is 15.3 Å². The van der Waals surface area contributed by atoms with E-state index in [1.165, 1.54) is 0 Å². The molecule has 1 aliphatic heterocycles. The van der Waals surface area contributed by atoms with Gasteiger partial charge in [0.2, 0.25) is 5.91 Å². The molecule has 2 N–H and O–H groups in total. The van der Waals surface area contributed by atoms with Crippen LogP contribution in [0.25, 0.3) is 11.0 Å². The lowest BCUT2D eigenvalue weighted by Crippen LogP contribution is -2.44. The van der Waals surface area contributed by atoms with Crippen molar-refractivity contribution >= 4 is 22.8 Å². The number of methoxy groups -OCH3 is 2. The van der Waals surface area contributed by atoms with Crippen molar-refractivity contribution in [3.05, 3.63) is 58.4 Å². The summed E-state index contributed by atoms with van der Waals surface area (Å²) in [6.45, 7) is 1.56. The van der Waals surface area contributed by atoms with Crippen LogP contribution in [0.4, 0.5) is 5.82 Å². The number of piperidine rings is 1. The summed E-state index contributed by atoms with van der Waals surface area (Å²) in [6.07, 6.45) is 1.60. The highest BCUT2D eigenvalue weighted by atomic mass is 16.5. The molecule has 0 spiro atoms. The van der Waals surface area contributed by atoms with E-state index in [0.29, 0.717) is 42.5 Å². The predicted molar refractivity (Wildman–Crippen MR) is 119 cm³/mol. The molecule has 31 heavy (non-hydrogen) atoms. The van der Waals surface area contributed by atoms with Gasteiger partial charge in [-0.25, -0.2) is 4.98 Å². The van der Waals surface area contributed by atoms with Crippen LogP contribution in [0.2, 0.25) is 0 Å². The number of anilines is 1. The number of para-hydroxylation sites is 2. The molecule has 1 amide bonds. The van der Waals surface area contributed by atoms with E-state index in [1.807, 2.05) is 47.4 Å². The Balaban J connectivity index is 1.43. The van der Waals surface area contributed by atoms with Gasteiger partial charge in [0.25, 0.3) is 5.56 Å². The van der Waals surface area contributed by atoms with Crippen molar-refractivity contribution in [3.63, 3.8) is 0 Å². The van der Waals surface area contributed by atoms with Gasteiger partial charge in [-0.1, -0.05) is 18.2 Å². The number of ether oxygens (including phenoxy) is 2. The number of carbonyl (C=O) groups is 1. The molecule has 1 aliphatic rings. The summed E-state index contributed by atoms with van der Waals surface area (Å²) >= 11 is 0. The molecular weight excluding hydrogens is 396 g/mol. The number of aromatic nitrogens is 2. The SMILES string of the molecule is COc1ccc(CNC(=O)C2CCCN(c3nc4ccccc4[nH]c3=O)C2)cc1OC. The lowest BCUT2D eigenvalue weighted by atomic mass is 9.97. The molecule has 0 radical (unpaired) electrons. The average molecular weight is 422 g/mol. The summed E-state index contributed by atoms with van der Waals surface area (Å²) in [7, 11) is 3.17. The molecule has 0 aliphatic carbocycles. The zero-order valence-corrected chi connectivity index (χ0v) is 17.7. The van der Waals surface area contributed by atoms with Crippen LogP contribution in [0.3, 0.4) is 0 Å². The van der Waals surface area contributed by atoms with Gasteiger partial charge in [0.1, 0.15) is 0 Å². The first-order chi connectivity index (χ1) is 15.1. The van der Waals surface area contributed by atoms with E-state index in [0.717, 1.165) is 23.9 Å². The first-order valence-electron chi connectivity index (χ1n) is 10.3. The lowest BCUT2D eigenvalue weighted by molar-refractivity contribution is -0.125. The number of benzene rings is 2. The Hall–Kier alpha value is -3.55. The van der Waals surface area contributed by atoms with Crippen LogP contribution in [0, 0.1) is 5.92 Å². The molecular formula is C23H26N4O4. The Morgan fingerprint density at radius 3 is 2.81 bits per heavy atom. The molecule has 4 rings (SSSR count). The number of aromatic amines is 1. The van der Waals surface area contributed by atoms with E-state index in [9.17, 15) is 9.59 Å². The van der Waals surface area contributed by atoms with Gasteiger partial charge in [0.15, 0.2) is 17.3 Å². The van der Waals surface area contributed by atoms with E-state index < -0.39 is 0 Å². The number of rotatable bonds is 6. The quantitative estimate of drug-likeness (QED) is 0.634. The normalized spacial score (nSPS) is 16.2. The summed E-state index contributed by atoms with van der Waals surface area (Å²) in [5.41, 5.74) is 2.13. The van der Waals surface area contributed by atoms with Crippen molar-refractivity contribution in [3.8, 4) is 11.5 Å². The third-order valence-corrected chi connectivity index (χ3v) is 5.59. The van der Waals surface area contributed by atoms with Gasteiger partial charge in [-0.15, -0.1) is 0 Å². The number of carbonyl (C=O) groups excluding carboxylic acids is 1. The highest BCUT2D eigenvalue weighted by Gasteiger charge is 2.28. The van der Waals surface area contributed by atoms with Crippen molar-refractivity contribution in [2.45, 2.75) is 19.4 Å². The van der Waals surface area contributed by atoms with Crippen molar-refractivity contribution in [2.75, 3.05) is 32.2 Å². The zero-order chi connectivity index (χ0) is 21.8. The van der Waals surface area contributed by atoms with Crippen molar-refractivity contribution in [1.29, 1.82) is 0 Å². The van der Waals surface area contributed by atoms with E-state index in [1.54, 1.807) is 14.2 Å². The number of nitrogens with one attached hydrogen (secondary N) is 2. The lowest BCUT2D eigenvalue weighted by Gasteiger charge is -2.32. The molecule has 1 fully saturated rings. The molecule has 0 saturated carbocycles. The van der Waals surface area contributed by atoms with E-state index >= 15 is 0 Å². The fraction of sp³-hybridized carbons (Fsp3) is 0.348. The zero-order valence-electron chi connectivity index (χ0n) is 17.7. The standard InChI is InChI=1S/C23H26N4O4/c1-30-19-10-9-15(12-20(19)31-2)13-24-22(28)16-6-5-11-27(14-16)21-23(29)26-18-8-4-3-7-17(18)25-21/h3-4,7-10,12,16H,5-6,11,13-14H2,1-2H3,(H,24,28)(H,26,29). The second kappa shape index (κ2) is 9.07. The van der Waals surface area contributed by atoms with Crippen LogP contribution < -0.4 is 25.2 Å². The summed E-state index contributed by atoms with van der Waals surface area (Å²) in [4.78, 5) is 34.7. The van der Waals surface area contributed by atoms with Crippen molar-refractivity contribution in [1.82, 2.24) is 15.3 Å². The Labute approximate surface area is 180 Å². The van der Waals surface area contributed by atoms with Crippen LogP contribution in [0.1, 0.15) is 18.4 Å². The smallest absolute Gasteiger partial charge is 0.291 e. The molecule has 0 bridgehead atoms. The summed E-state index contributed by atoms with van der Waals surface area (Å²) in [5.74, 6) is 1.41. The van der Waals surface area contributed by atoms with Gasteiger partial charge >= 0.3 is 0 Å². The molecule has 2 aromatic carbocycles. The van der Waals surface area contributed by atoms with Gasteiger partial charge in [-0.3, -0.25) is 9.59 Å². The fourth-order valence-corrected chi connectivity index (χ4v) is 3.94. The number of amides is 1. The van der Waals surface area contributed by atoms with Gasteiger partial charge in [0.05, 0.1) is 31.2 Å². The number of nitrogens with zero attached hydrogens (tertiary/aromatic N) is 2. The van der Waals surface area contributed by atoms with Crippen LogP contribution in [-0.2, 0) is 11.3 Å². The first-order valence-corrected chi connectivity index (χ1v) is 10.3. The second-order valence-electron chi connectivity index (χ2n) is 7.60. The first kappa shape index (κ1) is 20.7. The molecule has 8 nitrogen and oxygen atoms in total. The number of H-pyrrole nitrogens is 1. The Kier molecular flexibility index (Phi) is 6.06. The molecule has 1 atom stereocenters. The maximum absolute atomic E-state index is 12.8. The molecule has 1 aromatic heterocycles. The fourth-order valence-electron chi connectivity index (χ4n) is 3.94. The number of fused-ring (bicyclic) bond motifs is 1. The van der Waals surface area contributed by atoms with Crippen molar-refractivity contribution < 1.29 is 14.3 Å². The highest BCUT2D eigenvalue weighted by molar-refractivity contribution is 5.80. The molecule has 1 saturated heterocycles. The second-order valence-corrected chi connectivity index (χ2v) is 7.60. The molecule has 162 valence electrons. The predicted octanol–water partition coefficient (Wildman–Crippen LogP) is 2.47. The minimum absolute atomic E-state index is 0.0308. The van der Waals surface area contributed by atoms with Crippen LogP contribution in [-0.4, -0.2) is 43.2 Å². The van der Waals surface area contributed by atoms with Gasteiger partial charge in [-0.2, -0.15) is 0 Å².